The number of phosphoric ester groups is 2. The minimum absolute atomic E-state index is 0.289. The quantitative estimate of drug-likeness (QED) is 0.305. The SMILES string of the molecule is CCc1cn(C2SC(COP(=O)(O)O)C(OP(=O)(O)O)C2OC)c(=O)[nH]c1=O. The number of thioether (sulfide) groups is 1. The van der Waals surface area contributed by atoms with Crippen molar-refractivity contribution in [2.24, 2.45) is 0 Å². The summed E-state index contributed by atoms with van der Waals surface area (Å²) in [4.78, 5) is 62.4. The van der Waals surface area contributed by atoms with Crippen molar-refractivity contribution >= 4 is 27.4 Å². The van der Waals surface area contributed by atoms with E-state index in [1.54, 1.807) is 6.92 Å². The van der Waals surface area contributed by atoms with Gasteiger partial charge in [0.15, 0.2) is 0 Å². The summed E-state index contributed by atoms with van der Waals surface area (Å²) < 4.78 is 37.9. The molecule has 16 heteroatoms. The number of methoxy groups -OCH3 is 1. The lowest BCUT2D eigenvalue weighted by Gasteiger charge is -2.25. The number of nitrogens with zero attached hydrogens (tertiary/aromatic N) is 1. The molecule has 0 aromatic carbocycles. The Bertz CT molecular complexity index is 906. The van der Waals surface area contributed by atoms with Crippen LogP contribution in [-0.4, -0.2) is 60.3 Å². The number of aryl methyl sites for hydroxylation is 1. The second kappa shape index (κ2) is 8.92. The van der Waals surface area contributed by atoms with Gasteiger partial charge in [-0.3, -0.25) is 23.4 Å². The first kappa shape index (κ1) is 23.5. The molecule has 1 aromatic heterocycles. The van der Waals surface area contributed by atoms with Crippen LogP contribution >= 0.6 is 27.4 Å². The van der Waals surface area contributed by atoms with E-state index in [0.29, 0.717) is 6.42 Å². The minimum Gasteiger partial charge on any atom is -0.376 e. The van der Waals surface area contributed by atoms with Crippen molar-refractivity contribution in [1.29, 1.82) is 0 Å². The van der Waals surface area contributed by atoms with Crippen molar-refractivity contribution in [2.45, 2.75) is 36.2 Å². The van der Waals surface area contributed by atoms with Gasteiger partial charge in [-0.1, -0.05) is 6.92 Å². The molecule has 0 spiro atoms. The molecule has 2 heterocycles. The molecular weight excluding hydrogens is 442 g/mol. The summed E-state index contributed by atoms with van der Waals surface area (Å²) >= 11 is 0.904. The lowest BCUT2D eigenvalue weighted by Crippen LogP contribution is -2.40. The van der Waals surface area contributed by atoms with Crippen molar-refractivity contribution < 1.29 is 42.5 Å². The zero-order chi connectivity index (χ0) is 21.3. The Morgan fingerprint density at radius 2 is 1.82 bits per heavy atom. The normalized spacial score (nSPS) is 25.9. The Morgan fingerprint density at radius 3 is 2.32 bits per heavy atom. The van der Waals surface area contributed by atoms with Gasteiger partial charge in [0.25, 0.3) is 5.56 Å². The third kappa shape index (κ3) is 5.86. The van der Waals surface area contributed by atoms with E-state index in [1.165, 1.54) is 13.3 Å². The van der Waals surface area contributed by atoms with Crippen LogP contribution in [0.5, 0.6) is 0 Å². The topological polar surface area (TPSA) is 198 Å². The van der Waals surface area contributed by atoms with Gasteiger partial charge < -0.3 is 24.3 Å². The summed E-state index contributed by atoms with van der Waals surface area (Å²) in [7, 11) is -8.65. The molecule has 28 heavy (non-hydrogen) atoms. The number of phosphoric acid groups is 2. The number of aromatic nitrogens is 2. The van der Waals surface area contributed by atoms with Crippen molar-refractivity contribution in [3.8, 4) is 0 Å². The second-order valence-electron chi connectivity index (χ2n) is 5.79. The maximum Gasteiger partial charge on any atom is 0.469 e. The highest BCUT2D eigenvalue weighted by atomic mass is 32.2. The van der Waals surface area contributed by atoms with Crippen LogP contribution in [0.3, 0.4) is 0 Å². The fourth-order valence-corrected chi connectivity index (χ4v) is 5.44. The molecule has 0 aliphatic carbocycles. The van der Waals surface area contributed by atoms with E-state index >= 15 is 0 Å². The molecule has 13 nitrogen and oxygen atoms in total. The number of nitrogens with one attached hydrogen (secondary N) is 1. The fraction of sp³-hybridized carbons (Fsp3) is 0.667. The number of hydrogen-bond donors (Lipinski definition) is 5. The van der Waals surface area contributed by atoms with Crippen molar-refractivity contribution in [1.82, 2.24) is 9.55 Å². The minimum atomic E-state index is -5.01. The Hall–Kier alpha value is -0.790. The fourth-order valence-electron chi connectivity index (χ4n) is 2.74. The highest BCUT2D eigenvalue weighted by Gasteiger charge is 2.49. The third-order valence-electron chi connectivity index (χ3n) is 3.92. The monoisotopic (exact) mass is 462 g/mol. The molecule has 4 unspecified atom stereocenters. The van der Waals surface area contributed by atoms with Crippen LogP contribution in [-0.2, 0) is 29.3 Å². The third-order valence-corrected chi connectivity index (χ3v) is 6.45. The summed E-state index contributed by atoms with van der Waals surface area (Å²) in [5.41, 5.74) is -1.06. The van der Waals surface area contributed by atoms with Gasteiger partial charge in [0.2, 0.25) is 0 Å². The summed E-state index contributed by atoms with van der Waals surface area (Å²) in [6, 6.07) is 0. The van der Waals surface area contributed by atoms with E-state index in [2.05, 4.69) is 9.51 Å². The maximum atomic E-state index is 12.3. The largest absolute Gasteiger partial charge is 0.469 e. The van der Waals surface area contributed by atoms with Gasteiger partial charge in [0, 0.05) is 18.9 Å². The van der Waals surface area contributed by atoms with Gasteiger partial charge in [-0.25, -0.2) is 13.9 Å². The van der Waals surface area contributed by atoms with E-state index in [1.807, 2.05) is 0 Å². The van der Waals surface area contributed by atoms with Gasteiger partial charge >= 0.3 is 21.3 Å². The highest BCUT2D eigenvalue weighted by Crippen LogP contribution is 2.51. The molecule has 160 valence electrons. The molecule has 1 aromatic rings. The van der Waals surface area contributed by atoms with Gasteiger partial charge in [0.1, 0.15) is 17.6 Å². The average molecular weight is 462 g/mol. The van der Waals surface area contributed by atoms with Crippen LogP contribution in [0.25, 0.3) is 0 Å². The smallest absolute Gasteiger partial charge is 0.376 e. The summed E-state index contributed by atoms with van der Waals surface area (Å²) in [5.74, 6) is 0. The lowest BCUT2D eigenvalue weighted by molar-refractivity contribution is -0.0182. The summed E-state index contributed by atoms with van der Waals surface area (Å²) in [6.07, 6.45) is -0.851. The zero-order valence-corrected chi connectivity index (χ0v) is 17.3. The van der Waals surface area contributed by atoms with Crippen LogP contribution < -0.4 is 11.2 Å². The van der Waals surface area contributed by atoms with Crippen LogP contribution in [0.2, 0.25) is 0 Å². The first-order chi connectivity index (χ1) is 12.9. The Kier molecular flexibility index (Phi) is 7.48. The van der Waals surface area contributed by atoms with Gasteiger partial charge in [-0.05, 0) is 6.42 Å². The van der Waals surface area contributed by atoms with E-state index in [4.69, 9.17) is 19.0 Å². The van der Waals surface area contributed by atoms with Crippen LogP contribution in [0.1, 0.15) is 17.9 Å². The number of rotatable bonds is 8. The predicted molar refractivity (Wildman–Crippen MR) is 96.8 cm³/mol. The van der Waals surface area contributed by atoms with Crippen LogP contribution in [0.4, 0.5) is 0 Å². The molecular formula is C12H20N2O11P2S. The number of aromatic amines is 1. The van der Waals surface area contributed by atoms with E-state index in [0.717, 1.165) is 16.3 Å². The molecule has 0 bridgehead atoms. The van der Waals surface area contributed by atoms with Gasteiger partial charge in [-0.15, -0.1) is 11.8 Å². The first-order valence-corrected chi connectivity index (χ1v) is 11.8. The first-order valence-electron chi connectivity index (χ1n) is 7.83. The lowest BCUT2D eigenvalue weighted by atomic mass is 10.1. The van der Waals surface area contributed by atoms with E-state index in [-0.39, 0.29) is 5.56 Å². The van der Waals surface area contributed by atoms with Crippen molar-refractivity contribution in [2.75, 3.05) is 13.7 Å². The number of ether oxygens (including phenoxy) is 1. The van der Waals surface area contributed by atoms with Crippen LogP contribution in [0.15, 0.2) is 15.8 Å². The summed E-state index contributed by atoms with van der Waals surface area (Å²) in [5, 5.41) is -1.92. The number of H-pyrrole nitrogens is 1. The number of hydrogen-bond acceptors (Lipinski definition) is 8. The molecule has 4 atom stereocenters. The molecule has 1 saturated heterocycles. The van der Waals surface area contributed by atoms with Crippen molar-refractivity contribution in [3.63, 3.8) is 0 Å². The molecule has 0 radical (unpaired) electrons. The predicted octanol–water partition coefficient (Wildman–Crippen LogP) is -0.685. The van der Waals surface area contributed by atoms with Gasteiger partial charge in [0.05, 0.1) is 11.9 Å². The molecule has 5 N–H and O–H groups in total. The summed E-state index contributed by atoms with van der Waals surface area (Å²) in [6.45, 7) is 1.07. The molecule has 1 fully saturated rings. The highest BCUT2D eigenvalue weighted by molar-refractivity contribution is 8.00. The van der Waals surface area contributed by atoms with Gasteiger partial charge in [-0.2, -0.15) is 0 Å². The Morgan fingerprint density at radius 1 is 1.18 bits per heavy atom. The zero-order valence-electron chi connectivity index (χ0n) is 14.7. The van der Waals surface area contributed by atoms with E-state index in [9.17, 15) is 28.5 Å². The standard InChI is InChI=1S/C12H20N2O11P2S/c1-3-6-4-14(12(16)13-10(6)15)11-9(23-2)8(25-27(20,21)22)7(28-11)5-24-26(17,18)19/h4,7-9,11H,3,5H2,1-2H3,(H,13,15,16)(H2,17,18,19)(H2,20,21,22). The molecule has 1 aliphatic heterocycles. The maximum absolute atomic E-state index is 12.3. The van der Waals surface area contributed by atoms with Crippen molar-refractivity contribution in [3.05, 3.63) is 32.6 Å². The molecule has 0 amide bonds. The van der Waals surface area contributed by atoms with E-state index < -0.39 is 56.3 Å². The average Bonchev–Trinajstić information content (AvgIpc) is 2.88. The Labute approximate surface area is 162 Å². The Balaban J connectivity index is 2.45. The molecule has 0 saturated carbocycles. The molecule has 2 rings (SSSR count). The second-order valence-corrected chi connectivity index (χ2v) is 9.58. The van der Waals surface area contributed by atoms with Crippen LogP contribution in [0, 0.1) is 0 Å². The molecule has 1 aliphatic rings.